The molecule has 0 aliphatic rings. The molecular formula is C6H4N3OS. The summed E-state index contributed by atoms with van der Waals surface area (Å²) in [6.45, 7) is 0. The molecule has 0 saturated heterocycles. The van der Waals surface area contributed by atoms with Crippen LogP contribution in [0.3, 0.4) is 0 Å². The van der Waals surface area contributed by atoms with E-state index in [1.54, 1.807) is 6.07 Å². The zero-order chi connectivity index (χ0) is 7.84. The normalized spacial score (nSPS) is 10.5. The lowest BCUT2D eigenvalue weighted by Gasteiger charge is -1.83. The maximum Gasteiger partial charge on any atom is 0.271 e. The molecule has 0 fully saturated rings. The fraction of sp³-hybridized carbons (Fsp3) is 0. The van der Waals surface area contributed by atoms with Crippen molar-refractivity contribution in [3.05, 3.63) is 12.1 Å². The van der Waals surface area contributed by atoms with Gasteiger partial charge in [0, 0.05) is 6.07 Å². The first-order valence-electron chi connectivity index (χ1n) is 2.96. The highest BCUT2D eigenvalue weighted by Crippen LogP contribution is 2.23. The molecule has 2 aromatic rings. The summed E-state index contributed by atoms with van der Waals surface area (Å²) >= 11 is 1.22. The number of fused-ring (bicyclic) bond motifs is 1. The largest absolute Gasteiger partial charge is 0.375 e. The van der Waals surface area contributed by atoms with Crippen molar-refractivity contribution >= 4 is 26.8 Å². The Morgan fingerprint density at radius 2 is 2.18 bits per heavy atom. The van der Waals surface area contributed by atoms with E-state index in [1.165, 1.54) is 17.4 Å². The summed E-state index contributed by atoms with van der Waals surface area (Å²) in [5, 5.41) is 11.2. The number of nitrogen functional groups attached to an aromatic ring is 1. The van der Waals surface area contributed by atoms with Crippen LogP contribution in [-0.2, 0) is 5.11 Å². The fourth-order valence-electron chi connectivity index (χ4n) is 0.817. The Labute approximate surface area is 66.3 Å². The monoisotopic (exact) mass is 166 g/mol. The van der Waals surface area contributed by atoms with Crippen molar-refractivity contribution in [2.75, 3.05) is 5.73 Å². The fourth-order valence-corrected chi connectivity index (χ4v) is 1.51. The second-order valence-electron chi connectivity index (χ2n) is 2.03. The molecule has 0 spiro atoms. The molecule has 2 aromatic heterocycles. The molecule has 2 N–H and O–H groups in total. The second-order valence-corrected chi connectivity index (χ2v) is 3.03. The summed E-state index contributed by atoms with van der Waals surface area (Å²) in [6.07, 6.45) is 0. The Hall–Kier alpha value is -1.36. The Morgan fingerprint density at radius 1 is 1.36 bits per heavy atom. The predicted octanol–water partition coefficient (Wildman–Crippen LogP) is 1.42. The zero-order valence-corrected chi connectivity index (χ0v) is 6.26. The van der Waals surface area contributed by atoms with Crippen molar-refractivity contribution in [3.63, 3.8) is 0 Å². The molecule has 11 heavy (non-hydrogen) atoms. The van der Waals surface area contributed by atoms with E-state index < -0.39 is 0 Å². The average Bonchev–Trinajstić information content (AvgIpc) is 2.27. The van der Waals surface area contributed by atoms with Crippen LogP contribution in [0.4, 0.5) is 5.13 Å². The van der Waals surface area contributed by atoms with Crippen LogP contribution in [0.1, 0.15) is 0 Å². The molecule has 55 valence electrons. The number of thiazole rings is 1. The molecule has 0 unspecified atom stereocenters. The summed E-state index contributed by atoms with van der Waals surface area (Å²) in [4.78, 5) is 8.27. The molecule has 2 heterocycles. The van der Waals surface area contributed by atoms with Gasteiger partial charge in [-0.2, -0.15) is 4.98 Å². The number of hydrogen-bond donors (Lipinski definition) is 1. The van der Waals surface area contributed by atoms with E-state index >= 15 is 0 Å². The SMILES string of the molecule is Nc1nc2ccc([O])nc2s1. The van der Waals surface area contributed by atoms with Crippen molar-refractivity contribution in [2.45, 2.75) is 0 Å². The van der Waals surface area contributed by atoms with E-state index in [0.29, 0.717) is 15.5 Å². The van der Waals surface area contributed by atoms with Gasteiger partial charge in [-0.25, -0.2) is 4.98 Å². The molecular weight excluding hydrogens is 162 g/mol. The van der Waals surface area contributed by atoms with Gasteiger partial charge in [-0.05, 0) is 6.07 Å². The molecule has 2 rings (SSSR count). The number of hydrogen-bond acceptors (Lipinski definition) is 4. The number of nitrogens with zero attached hydrogens (tertiary/aromatic N) is 2. The summed E-state index contributed by atoms with van der Waals surface area (Å²) in [5.74, 6) is -0.249. The highest BCUT2D eigenvalue weighted by atomic mass is 32.1. The van der Waals surface area contributed by atoms with Crippen LogP contribution >= 0.6 is 11.3 Å². The summed E-state index contributed by atoms with van der Waals surface area (Å²) in [6, 6.07) is 3.00. The van der Waals surface area contributed by atoms with Crippen LogP contribution in [0.5, 0.6) is 5.88 Å². The lowest BCUT2D eigenvalue weighted by molar-refractivity contribution is 0.339. The predicted molar refractivity (Wildman–Crippen MR) is 42.0 cm³/mol. The molecule has 0 aliphatic heterocycles. The average molecular weight is 166 g/mol. The molecule has 0 amide bonds. The van der Waals surface area contributed by atoms with Gasteiger partial charge in [0.25, 0.3) is 5.88 Å². The van der Waals surface area contributed by atoms with E-state index in [4.69, 9.17) is 5.73 Å². The number of aromatic nitrogens is 2. The van der Waals surface area contributed by atoms with Gasteiger partial charge in [0.2, 0.25) is 0 Å². The quantitative estimate of drug-likeness (QED) is 0.643. The highest BCUT2D eigenvalue weighted by Gasteiger charge is 2.02. The highest BCUT2D eigenvalue weighted by molar-refractivity contribution is 7.21. The Bertz CT molecular complexity index is 398. The van der Waals surface area contributed by atoms with E-state index in [0.717, 1.165) is 0 Å². The lowest BCUT2D eigenvalue weighted by atomic mass is 10.4. The van der Waals surface area contributed by atoms with E-state index in [1.807, 2.05) is 0 Å². The van der Waals surface area contributed by atoms with E-state index in [9.17, 15) is 5.11 Å². The van der Waals surface area contributed by atoms with E-state index in [-0.39, 0.29) is 5.88 Å². The van der Waals surface area contributed by atoms with Crippen LogP contribution in [0.15, 0.2) is 12.1 Å². The third kappa shape index (κ3) is 0.988. The molecule has 5 heteroatoms. The Kier molecular flexibility index (Phi) is 1.19. The number of nitrogens with two attached hydrogens (primary N) is 1. The maximum absolute atomic E-state index is 10.7. The van der Waals surface area contributed by atoms with Crippen molar-refractivity contribution in [2.24, 2.45) is 0 Å². The van der Waals surface area contributed by atoms with Gasteiger partial charge in [-0.15, -0.1) is 0 Å². The van der Waals surface area contributed by atoms with Gasteiger partial charge in [0.15, 0.2) is 5.13 Å². The minimum atomic E-state index is -0.249. The summed E-state index contributed by atoms with van der Waals surface area (Å²) in [5.41, 5.74) is 6.09. The first kappa shape index (κ1) is 6.36. The van der Waals surface area contributed by atoms with Crippen LogP contribution < -0.4 is 5.73 Å². The van der Waals surface area contributed by atoms with Crippen LogP contribution in [0.2, 0.25) is 0 Å². The first-order chi connectivity index (χ1) is 5.25. The Balaban J connectivity index is 2.82. The second kappa shape index (κ2) is 2.06. The minimum Gasteiger partial charge on any atom is -0.375 e. The van der Waals surface area contributed by atoms with Crippen LogP contribution in [0, 0.1) is 0 Å². The zero-order valence-electron chi connectivity index (χ0n) is 5.44. The van der Waals surface area contributed by atoms with Gasteiger partial charge >= 0.3 is 0 Å². The number of anilines is 1. The van der Waals surface area contributed by atoms with Gasteiger partial charge in [0.05, 0.1) is 0 Å². The minimum absolute atomic E-state index is 0.249. The van der Waals surface area contributed by atoms with Crippen molar-refractivity contribution in [1.29, 1.82) is 0 Å². The molecule has 4 nitrogen and oxygen atoms in total. The molecule has 0 aliphatic carbocycles. The molecule has 1 radical (unpaired) electrons. The van der Waals surface area contributed by atoms with E-state index in [2.05, 4.69) is 9.97 Å². The molecule has 0 atom stereocenters. The molecule has 0 bridgehead atoms. The Morgan fingerprint density at radius 3 is 3.00 bits per heavy atom. The van der Waals surface area contributed by atoms with Crippen LogP contribution in [-0.4, -0.2) is 9.97 Å². The molecule has 0 aromatic carbocycles. The topological polar surface area (TPSA) is 71.7 Å². The number of rotatable bonds is 0. The first-order valence-corrected chi connectivity index (χ1v) is 3.77. The van der Waals surface area contributed by atoms with Crippen molar-refractivity contribution < 1.29 is 5.11 Å². The smallest absolute Gasteiger partial charge is 0.271 e. The third-order valence-electron chi connectivity index (χ3n) is 1.25. The van der Waals surface area contributed by atoms with Gasteiger partial charge in [-0.1, -0.05) is 11.3 Å². The third-order valence-corrected chi connectivity index (χ3v) is 2.04. The lowest BCUT2D eigenvalue weighted by Crippen LogP contribution is -1.78. The summed E-state index contributed by atoms with van der Waals surface area (Å²) in [7, 11) is 0. The molecule has 0 saturated carbocycles. The van der Waals surface area contributed by atoms with Crippen molar-refractivity contribution in [3.8, 4) is 5.88 Å². The number of pyridine rings is 1. The van der Waals surface area contributed by atoms with Gasteiger partial charge < -0.3 is 5.73 Å². The maximum atomic E-state index is 10.7. The van der Waals surface area contributed by atoms with Crippen LogP contribution in [0.25, 0.3) is 10.3 Å². The summed E-state index contributed by atoms with van der Waals surface area (Å²) < 4.78 is 0. The van der Waals surface area contributed by atoms with Gasteiger partial charge in [-0.3, -0.25) is 5.11 Å². The van der Waals surface area contributed by atoms with Gasteiger partial charge in [0.1, 0.15) is 10.3 Å². The van der Waals surface area contributed by atoms with Crippen molar-refractivity contribution in [1.82, 2.24) is 9.97 Å². The standard InChI is InChI=1S/C6H4N3OS/c7-6-8-3-1-2-4(10)9-5(3)11-6/h1-2H,(H2,7,8).